The van der Waals surface area contributed by atoms with Crippen molar-refractivity contribution < 1.29 is 4.79 Å². The van der Waals surface area contributed by atoms with Crippen LogP contribution in [0, 0.1) is 0 Å². The molecule has 0 fully saturated rings. The number of carbonyl (C=O) groups excluding carboxylic acids is 1. The molecule has 1 amide bonds. The largest absolute Gasteiger partial charge is 0.398 e. The average Bonchev–Trinajstić information content (AvgIpc) is 2.83. The van der Waals surface area contributed by atoms with Gasteiger partial charge in [0.05, 0.1) is 5.69 Å². The van der Waals surface area contributed by atoms with E-state index in [0.29, 0.717) is 16.3 Å². The number of nitrogen functional groups attached to an aromatic ring is 1. The van der Waals surface area contributed by atoms with E-state index < -0.39 is 0 Å². The number of hydrogen-bond acceptors (Lipinski definition) is 5. The van der Waals surface area contributed by atoms with E-state index in [0.717, 1.165) is 34.5 Å². The van der Waals surface area contributed by atoms with E-state index in [1.54, 1.807) is 18.2 Å². The molecule has 100 valence electrons. The predicted octanol–water partition coefficient (Wildman–Crippen LogP) is 3.09. The molecule has 0 aliphatic rings. The third-order valence-corrected chi connectivity index (χ3v) is 3.99. The van der Waals surface area contributed by atoms with Crippen LogP contribution in [-0.4, -0.2) is 15.5 Å². The maximum atomic E-state index is 12.1. The Balaban J connectivity index is 2.16. The van der Waals surface area contributed by atoms with Gasteiger partial charge in [0.25, 0.3) is 5.91 Å². The highest BCUT2D eigenvalue weighted by molar-refractivity contribution is 9.10. The lowest BCUT2D eigenvalue weighted by molar-refractivity contribution is 0.102. The molecule has 2 aromatic rings. The van der Waals surface area contributed by atoms with Crippen molar-refractivity contribution in [3.8, 4) is 0 Å². The van der Waals surface area contributed by atoms with E-state index in [2.05, 4.69) is 30.8 Å². The van der Waals surface area contributed by atoms with Gasteiger partial charge in [0.1, 0.15) is 4.88 Å². The van der Waals surface area contributed by atoms with Gasteiger partial charge in [-0.05, 0) is 52.1 Å². The van der Waals surface area contributed by atoms with Crippen LogP contribution < -0.4 is 11.1 Å². The van der Waals surface area contributed by atoms with Crippen LogP contribution in [-0.2, 0) is 6.42 Å². The molecule has 1 heterocycles. The summed E-state index contributed by atoms with van der Waals surface area (Å²) in [5, 5.41) is 6.78. The maximum Gasteiger partial charge on any atom is 0.269 e. The van der Waals surface area contributed by atoms with Crippen molar-refractivity contribution in [1.29, 1.82) is 0 Å². The zero-order valence-corrected chi connectivity index (χ0v) is 12.7. The first kappa shape index (κ1) is 14.0. The molecule has 0 spiro atoms. The summed E-state index contributed by atoms with van der Waals surface area (Å²) in [5.41, 5.74) is 7.75. The highest BCUT2D eigenvalue weighted by Crippen LogP contribution is 2.24. The van der Waals surface area contributed by atoms with Crippen LogP contribution in [0.4, 0.5) is 11.4 Å². The summed E-state index contributed by atoms with van der Waals surface area (Å²) in [5.74, 6) is -0.194. The van der Waals surface area contributed by atoms with E-state index in [-0.39, 0.29) is 5.91 Å². The fraction of sp³-hybridized carbons (Fsp3) is 0.250. The SMILES string of the molecule is CCCc1nnsc1C(=O)Nc1ccc(Br)c(N)c1. The van der Waals surface area contributed by atoms with E-state index in [9.17, 15) is 4.79 Å². The number of amides is 1. The summed E-state index contributed by atoms with van der Waals surface area (Å²) in [4.78, 5) is 12.7. The number of aryl methyl sites for hydroxylation is 1. The number of halogens is 1. The Morgan fingerprint density at radius 1 is 1.53 bits per heavy atom. The summed E-state index contributed by atoms with van der Waals surface area (Å²) in [7, 11) is 0. The molecule has 1 aromatic carbocycles. The first-order chi connectivity index (χ1) is 9.11. The van der Waals surface area contributed by atoms with Crippen molar-refractivity contribution in [3.63, 3.8) is 0 Å². The van der Waals surface area contributed by atoms with Gasteiger partial charge in [-0.2, -0.15) is 0 Å². The van der Waals surface area contributed by atoms with Gasteiger partial charge in [0.15, 0.2) is 0 Å². The highest BCUT2D eigenvalue weighted by atomic mass is 79.9. The molecule has 0 aliphatic carbocycles. The molecule has 0 atom stereocenters. The molecule has 5 nitrogen and oxygen atoms in total. The Labute approximate surface area is 123 Å². The van der Waals surface area contributed by atoms with Crippen molar-refractivity contribution in [2.24, 2.45) is 0 Å². The molecule has 0 bridgehead atoms. The zero-order valence-electron chi connectivity index (χ0n) is 10.3. The van der Waals surface area contributed by atoms with E-state index in [4.69, 9.17) is 5.73 Å². The van der Waals surface area contributed by atoms with Crippen LogP contribution in [0.3, 0.4) is 0 Å². The van der Waals surface area contributed by atoms with E-state index in [1.165, 1.54) is 0 Å². The maximum absolute atomic E-state index is 12.1. The standard InChI is InChI=1S/C12H13BrN4OS/c1-2-3-10-11(19-17-16-10)12(18)15-7-4-5-8(13)9(14)6-7/h4-6H,2-3,14H2,1H3,(H,15,18). The molecular weight excluding hydrogens is 328 g/mol. The molecule has 0 saturated heterocycles. The molecule has 7 heteroatoms. The number of rotatable bonds is 4. The monoisotopic (exact) mass is 340 g/mol. The summed E-state index contributed by atoms with van der Waals surface area (Å²) in [6.45, 7) is 2.04. The van der Waals surface area contributed by atoms with Crippen LogP contribution in [0.2, 0.25) is 0 Å². The Bertz CT molecular complexity index is 599. The third-order valence-electron chi connectivity index (χ3n) is 2.50. The Hall–Kier alpha value is -1.47. The van der Waals surface area contributed by atoms with E-state index >= 15 is 0 Å². The number of hydrogen-bond donors (Lipinski definition) is 2. The molecule has 0 radical (unpaired) electrons. The van der Waals surface area contributed by atoms with Gasteiger partial charge < -0.3 is 11.1 Å². The quantitative estimate of drug-likeness (QED) is 0.838. The summed E-state index contributed by atoms with van der Waals surface area (Å²) in [6, 6.07) is 5.28. The number of aromatic nitrogens is 2. The molecular formula is C12H13BrN4OS. The minimum Gasteiger partial charge on any atom is -0.398 e. The topological polar surface area (TPSA) is 80.9 Å². The number of anilines is 2. The second-order valence-electron chi connectivity index (χ2n) is 3.99. The Morgan fingerprint density at radius 3 is 3.00 bits per heavy atom. The van der Waals surface area contributed by atoms with Crippen LogP contribution >= 0.6 is 27.5 Å². The van der Waals surface area contributed by atoms with Crippen molar-refractivity contribution in [1.82, 2.24) is 9.59 Å². The van der Waals surface area contributed by atoms with Gasteiger partial charge in [0, 0.05) is 15.8 Å². The molecule has 1 aromatic heterocycles. The number of carbonyl (C=O) groups is 1. The van der Waals surface area contributed by atoms with Gasteiger partial charge in [0.2, 0.25) is 0 Å². The van der Waals surface area contributed by atoms with Crippen molar-refractivity contribution >= 4 is 44.7 Å². The summed E-state index contributed by atoms with van der Waals surface area (Å²) >= 11 is 4.42. The summed E-state index contributed by atoms with van der Waals surface area (Å²) < 4.78 is 4.64. The zero-order chi connectivity index (χ0) is 13.8. The smallest absolute Gasteiger partial charge is 0.269 e. The minimum absolute atomic E-state index is 0.194. The lowest BCUT2D eigenvalue weighted by Gasteiger charge is -2.06. The van der Waals surface area contributed by atoms with Gasteiger partial charge in [-0.15, -0.1) is 5.10 Å². The molecule has 19 heavy (non-hydrogen) atoms. The number of nitrogens with one attached hydrogen (secondary N) is 1. The third kappa shape index (κ3) is 3.30. The highest BCUT2D eigenvalue weighted by Gasteiger charge is 2.15. The molecule has 0 aliphatic heterocycles. The molecule has 3 N–H and O–H groups in total. The first-order valence-corrected chi connectivity index (χ1v) is 7.36. The van der Waals surface area contributed by atoms with Gasteiger partial charge >= 0.3 is 0 Å². The van der Waals surface area contributed by atoms with E-state index in [1.807, 2.05) is 6.92 Å². The average molecular weight is 341 g/mol. The Kier molecular flexibility index (Phi) is 4.49. The number of nitrogens with two attached hydrogens (primary N) is 1. The fourth-order valence-corrected chi connectivity index (χ4v) is 2.44. The van der Waals surface area contributed by atoms with Crippen LogP contribution in [0.25, 0.3) is 0 Å². The van der Waals surface area contributed by atoms with Crippen LogP contribution in [0.5, 0.6) is 0 Å². The Morgan fingerprint density at radius 2 is 2.32 bits per heavy atom. The van der Waals surface area contributed by atoms with Crippen LogP contribution in [0.1, 0.15) is 28.7 Å². The van der Waals surface area contributed by atoms with Gasteiger partial charge in [-0.25, -0.2) is 0 Å². The normalized spacial score (nSPS) is 10.4. The second-order valence-corrected chi connectivity index (χ2v) is 5.60. The second kappa shape index (κ2) is 6.12. The molecule has 2 rings (SSSR count). The predicted molar refractivity (Wildman–Crippen MR) is 80.4 cm³/mol. The molecule has 0 saturated carbocycles. The van der Waals surface area contributed by atoms with Crippen molar-refractivity contribution in [2.45, 2.75) is 19.8 Å². The van der Waals surface area contributed by atoms with Crippen molar-refractivity contribution in [2.75, 3.05) is 11.1 Å². The lowest BCUT2D eigenvalue weighted by atomic mass is 10.2. The molecule has 0 unspecified atom stereocenters. The minimum atomic E-state index is -0.194. The number of nitrogens with zero attached hydrogens (tertiary/aromatic N) is 2. The van der Waals surface area contributed by atoms with Gasteiger partial charge in [-0.1, -0.05) is 17.8 Å². The number of benzene rings is 1. The van der Waals surface area contributed by atoms with Gasteiger partial charge in [-0.3, -0.25) is 4.79 Å². The fourth-order valence-electron chi connectivity index (χ4n) is 1.59. The lowest BCUT2D eigenvalue weighted by Crippen LogP contribution is -2.12. The van der Waals surface area contributed by atoms with Crippen molar-refractivity contribution in [3.05, 3.63) is 33.2 Å². The summed E-state index contributed by atoms with van der Waals surface area (Å²) in [6.07, 6.45) is 1.68. The first-order valence-electron chi connectivity index (χ1n) is 5.79. The van der Waals surface area contributed by atoms with Crippen LogP contribution in [0.15, 0.2) is 22.7 Å².